The Morgan fingerprint density at radius 1 is 1.15 bits per heavy atom. The molecule has 9 heteroatoms. The van der Waals surface area contributed by atoms with E-state index in [1.165, 1.54) is 18.4 Å². The van der Waals surface area contributed by atoms with Crippen molar-refractivity contribution in [3.63, 3.8) is 0 Å². The second-order valence-electron chi connectivity index (χ2n) is 8.81. The Kier molecular flexibility index (Phi) is 7.65. The van der Waals surface area contributed by atoms with Crippen LogP contribution in [0.2, 0.25) is 0 Å². The number of hydrogen-bond acceptors (Lipinski definition) is 7. The molecular formula is C25H31N3O5S. The van der Waals surface area contributed by atoms with E-state index in [1.807, 2.05) is 47.2 Å². The molecule has 0 aliphatic carbocycles. The van der Waals surface area contributed by atoms with E-state index >= 15 is 0 Å². The first-order valence-electron chi connectivity index (χ1n) is 11.6. The summed E-state index contributed by atoms with van der Waals surface area (Å²) in [4.78, 5) is 41.9. The first-order chi connectivity index (χ1) is 16.4. The highest BCUT2D eigenvalue weighted by atomic mass is 32.1. The molecule has 1 unspecified atom stereocenters. The molecule has 0 radical (unpaired) electrons. The van der Waals surface area contributed by atoms with Crippen molar-refractivity contribution in [3.05, 3.63) is 40.3 Å². The number of benzene rings is 1. The molecule has 3 heterocycles. The zero-order chi connectivity index (χ0) is 24.2. The largest absolute Gasteiger partial charge is 0.465 e. The van der Waals surface area contributed by atoms with Crippen molar-refractivity contribution in [2.75, 3.05) is 51.8 Å². The predicted molar refractivity (Wildman–Crippen MR) is 131 cm³/mol. The van der Waals surface area contributed by atoms with Crippen molar-refractivity contribution >= 4 is 34.1 Å². The molecule has 182 valence electrons. The summed E-state index contributed by atoms with van der Waals surface area (Å²) in [5, 5.41) is 5.29. The molecular weight excluding hydrogens is 454 g/mol. The van der Waals surface area contributed by atoms with E-state index in [-0.39, 0.29) is 24.5 Å². The molecule has 2 saturated heterocycles. The van der Waals surface area contributed by atoms with Crippen molar-refractivity contribution in [2.45, 2.75) is 32.8 Å². The normalized spacial score (nSPS) is 18.7. The van der Waals surface area contributed by atoms with Gasteiger partial charge in [-0.15, -0.1) is 11.3 Å². The molecule has 2 amide bonds. The van der Waals surface area contributed by atoms with Crippen LogP contribution in [0.1, 0.15) is 34.3 Å². The molecule has 2 aliphatic heterocycles. The van der Waals surface area contributed by atoms with Crippen LogP contribution in [0, 0.1) is 13.8 Å². The maximum Gasteiger partial charge on any atom is 0.341 e. The van der Waals surface area contributed by atoms with Crippen LogP contribution in [0.15, 0.2) is 23.6 Å². The molecule has 1 aromatic heterocycles. The Morgan fingerprint density at radius 2 is 1.91 bits per heavy atom. The van der Waals surface area contributed by atoms with E-state index in [1.54, 1.807) is 0 Å². The molecule has 0 saturated carbocycles. The average molecular weight is 486 g/mol. The number of aryl methyl sites for hydroxylation is 2. The van der Waals surface area contributed by atoms with Crippen LogP contribution in [-0.4, -0.2) is 80.1 Å². The number of ether oxygens (including phenoxy) is 2. The summed E-state index contributed by atoms with van der Waals surface area (Å²) in [7, 11) is 1.34. The summed E-state index contributed by atoms with van der Waals surface area (Å²) in [6, 6.07) is 6.08. The number of carbonyl (C=O) groups is 3. The van der Waals surface area contributed by atoms with Crippen LogP contribution in [0.25, 0.3) is 11.1 Å². The zero-order valence-corrected chi connectivity index (χ0v) is 20.7. The van der Waals surface area contributed by atoms with Gasteiger partial charge in [0, 0.05) is 43.7 Å². The standard InChI is InChI=1S/C25H31N3O5S/c1-16-6-7-17(2)18(13-16)19-15-34-23(22(19)25(31)32-3)26-21(29)14-27-8-10-28(11-9-27)24(30)20-5-4-12-33-20/h6-7,13,15,20H,4-5,8-12,14H2,1-3H3,(H,26,29). The summed E-state index contributed by atoms with van der Waals surface area (Å²) in [6.45, 7) is 7.24. The van der Waals surface area contributed by atoms with Crippen LogP contribution in [0.3, 0.4) is 0 Å². The smallest absolute Gasteiger partial charge is 0.341 e. The van der Waals surface area contributed by atoms with Gasteiger partial charge in [-0.05, 0) is 37.8 Å². The molecule has 8 nitrogen and oxygen atoms in total. The highest BCUT2D eigenvalue weighted by Crippen LogP contribution is 2.38. The molecule has 2 aromatic rings. The van der Waals surface area contributed by atoms with Gasteiger partial charge in [0.1, 0.15) is 16.7 Å². The Morgan fingerprint density at radius 3 is 2.59 bits per heavy atom. The van der Waals surface area contributed by atoms with Gasteiger partial charge in [0.25, 0.3) is 5.91 Å². The second kappa shape index (κ2) is 10.7. The molecule has 2 aliphatic rings. The summed E-state index contributed by atoms with van der Waals surface area (Å²) in [5.74, 6) is -0.617. The van der Waals surface area contributed by atoms with Crippen molar-refractivity contribution in [1.82, 2.24) is 9.80 Å². The van der Waals surface area contributed by atoms with E-state index in [9.17, 15) is 14.4 Å². The van der Waals surface area contributed by atoms with Crippen molar-refractivity contribution in [1.29, 1.82) is 0 Å². The first kappa shape index (κ1) is 24.4. The number of hydrogen-bond donors (Lipinski definition) is 1. The monoisotopic (exact) mass is 485 g/mol. The quantitative estimate of drug-likeness (QED) is 0.633. The number of carbonyl (C=O) groups excluding carboxylic acids is 3. The highest BCUT2D eigenvalue weighted by Gasteiger charge is 2.31. The van der Waals surface area contributed by atoms with Gasteiger partial charge in [0.15, 0.2) is 0 Å². The number of piperazine rings is 1. The number of thiophene rings is 1. The van der Waals surface area contributed by atoms with Gasteiger partial charge in [-0.2, -0.15) is 0 Å². The van der Waals surface area contributed by atoms with Gasteiger partial charge >= 0.3 is 5.97 Å². The van der Waals surface area contributed by atoms with E-state index < -0.39 is 5.97 Å². The van der Waals surface area contributed by atoms with Crippen LogP contribution in [0.5, 0.6) is 0 Å². The first-order valence-corrected chi connectivity index (χ1v) is 12.5. The molecule has 34 heavy (non-hydrogen) atoms. The second-order valence-corrected chi connectivity index (χ2v) is 9.69. The third kappa shape index (κ3) is 5.32. The van der Waals surface area contributed by atoms with Gasteiger partial charge in [0.2, 0.25) is 5.91 Å². The third-order valence-corrected chi connectivity index (χ3v) is 7.27. The van der Waals surface area contributed by atoms with Gasteiger partial charge < -0.3 is 19.7 Å². The Hall–Kier alpha value is -2.75. The topological polar surface area (TPSA) is 88.2 Å². The molecule has 0 bridgehead atoms. The number of methoxy groups -OCH3 is 1. The third-order valence-electron chi connectivity index (χ3n) is 6.37. The SMILES string of the molecule is COC(=O)c1c(-c2cc(C)ccc2C)csc1NC(=O)CN1CCN(C(=O)C2CCCO2)CC1. The lowest BCUT2D eigenvalue weighted by Crippen LogP contribution is -2.52. The van der Waals surface area contributed by atoms with E-state index in [0.29, 0.717) is 43.4 Å². The van der Waals surface area contributed by atoms with Crippen LogP contribution in [-0.2, 0) is 19.1 Å². The summed E-state index contributed by atoms with van der Waals surface area (Å²) < 4.78 is 10.5. The molecule has 1 N–H and O–H groups in total. The van der Waals surface area contributed by atoms with Crippen LogP contribution in [0.4, 0.5) is 5.00 Å². The van der Waals surface area contributed by atoms with E-state index in [2.05, 4.69) is 5.32 Å². The summed E-state index contributed by atoms with van der Waals surface area (Å²) in [6.07, 6.45) is 1.41. The minimum Gasteiger partial charge on any atom is -0.465 e. The highest BCUT2D eigenvalue weighted by molar-refractivity contribution is 7.15. The summed E-state index contributed by atoms with van der Waals surface area (Å²) >= 11 is 1.32. The average Bonchev–Trinajstić information content (AvgIpc) is 3.51. The lowest BCUT2D eigenvalue weighted by Gasteiger charge is -2.35. The Bertz CT molecular complexity index is 1070. The van der Waals surface area contributed by atoms with Gasteiger partial charge in [-0.3, -0.25) is 14.5 Å². The van der Waals surface area contributed by atoms with Gasteiger partial charge in [-0.1, -0.05) is 23.8 Å². The predicted octanol–water partition coefficient (Wildman–Crippen LogP) is 3.08. The molecule has 0 spiro atoms. The molecule has 2 fully saturated rings. The van der Waals surface area contributed by atoms with Gasteiger partial charge in [0.05, 0.1) is 13.7 Å². The van der Waals surface area contributed by atoms with E-state index in [0.717, 1.165) is 35.1 Å². The fraction of sp³-hybridized carbons (Fsp3) is 0.480. The summed E-state index contributed by atoms with van der Waals surface area (Å²) in [5.41, 5.74) is 4.22. The van der Waals surface area contributed by atoms with Gasteiger partial charge in [-0.25, -0.2) is 4.79 Å². The maximum atomic E-state index is 12.8. The Labute approximate surface area is 203 Å². The minimum absolute atomic E-state index is 0.0573. The number of nitrogens with one attached hydrogen (secondary N) is 1. The molecule has 1 atom stereocenters. The number of rotatable bonds is 6. The van der Waals surface area contributed by atoms with Crippen LogP contribution >= 0.6 is 11.3 Å². The van der Waals surface area contributed by atoms with E-state index in [4.69, 9.17) is 9.47 Å². The fourth-order valence-electron chi connectivity index (χ4n) is 4.45. The van der Waals surface area contributed by atoms with Crippen molar-refractivity contribution in [2.24, 2.45) is 0 Å². The van der Waals surface area contributed by atoms with Crippen molar-refractivity contribution < 1.29 is 23.9 Å². The number of nitrogens with zero attached hydrogens (tertiary/aromatic N) is 2. The molecule has 1 aromatic carbocycles. The lowest BCUT2D eigenvalue weighted by molar-refractivity contribution is -0.142. The molecule has 4 rings (SSSR count). The maximum absolute atomic E-state index is 12.8. The fourth-order valence-corrected chi connectivity index (χ4v) is 5.41. The number of esters is 1. The van der Waals surface area contributed by atoms with Crippen LogP contribution < -0.4 is 5.32 Å². The minimum atomic E-state index is -0.478. The zero-order valence-electron chi connectivity index (χ0n) is 19.9. The number of anilines is 1. The Balaban J connectivity index is 1.40. The van der Waals surface area contributed by atoms with Crippen molar-refractivity contribution in [3.8, 4) is 11.1 Å². The number of amides is 2. The lowest BCUT2D eigenvalue weighted by atomic mass is 9.97.